The van der Waals surface area contributed by atoms with Crippen LogP contribution in [-0.2, 0) is 11.2 Å². The summed E-state index contributed by atoms with van der Waals surface area (Å²) in [6, 6.07) is 5.54. The Morgan fingerprint density at radius 2 is 2.15 bits per heavy atom. The van der Waals surface area contributed by atoms with Crippen LogP contribution in [0.4, 0.5) is 0 Å². The zero-order chi connectivity index (χ0) is 15.0. The second-order valence-corrected chi connectivity index (χ2v) is 3.89. The zero-order valence-corrected chi connectivity index (χ0v) is 10.6. The number of carboxylic acids is 1. The third-order valence-electron chi connectivity index (χ3n) is 2.36. The smallest absolute Gasteiger partial charge is 0.320 e. The number of para-hydroxylation sites is 1. The van der Waals surface area contributed by atoms with Crippen LogP contribution in [0.2, 0.25) is 0 Å². The van der Waals surface area contributed by atoms with Crippen LogP contribution in [0.15, 0.2) is 36.8 Å². The van der Waals surface area contributed by atoms with Gasteiger partial charge in [-0.1, -0.05) is 12.1 Å². The Labute approximate surface area is 115 Å². The van der Waals surface area contributed by atoms with Crippen LogP contribution in [0, 0.1) is 0 Å². The molecule has 0 saturated carbocycles. The molecular weight excluding hydrogens is 262 g/mol. The topological polar surface area (TPSA) is 129 Å². The molecule has 106 valence electrons. The first-order chi connectivity index (χ1) is 9.54. The summed E-state index contributed by atoms with van der Waals surface area (Å²) in [5, 5.41) is 17.3. The van der Waals surface area contributed by atoms with Gasteiger partial charge >= 0.3 is 5.97 Å². The van der Waals surface area contributed by atoms with Gasteiger partial charge in [0, 0.05) is 12.6 Å². The van der Waals surface area contributed by atoms with Crippen LogP contribution < -0.4 is 5.73 Å². The molecule has 0 spiro atoms. The van der Waals surface area contributed by atoms with Gasteiger partial charge in [-0.25, -0.2) is 4.98 Å². The molecule has 7 heteroatoms. The highest BCUT2D eigenvalue weighted by Crippen LogP contribution is 2.11. The van der Waals surface area contributed by atoms with Crippen molar-refractivity contribution in [1.82, 2.24) is 9.97 Å². The average molecular weight is 277 g/mol. The van der Waals surface area contributed by atoms with E-state index in [4.69, 9.17) is 15.9 Å². The lowest BCUT2D eigenvalue weighted by Crippen LogP contribution is -2.32. The Morgan fingerprint density at radius 3 is 2.60 bits per heavy atom. The number of carbonyl (C=O) groups is 2. The summed E-state index contributed by atoms with van der Waals surface area (Å²) < 4.78 is 0. The lowest BCUT2D eigenvalue weighted by molar-refractivity contribution is -0.138. The summed E-state index contributed by atoms with van der Waals surface area (Å²) in [7, 11) is 0. The average Bonchev–Trinajstić information content (AvgIpc) is 2.93. The lowest BCUT2D eigenvalue weighted by atomic mass is 10.2. The van der Waals surface area contributed by atoms with Crippen molar-refractivity contribution in [1.29, 1.82) is 0 Å². The Kier molecular flexibility index (Phi) is 5.92. The molecule has 1 aromatic carbocycles. The molecule has 20 heavy (non-hydrogen) atoms. The van der Waals surface area contributed by atoms with Gasteiger partial charge in [-0.15, -0.1) is 0 Å². The highest BCUT2D eigenvalue weighted by Gasteiger charge is 2.12. The number of hydrogen-bond acceptors (Lipinski definition) is 5. The number of carboxylic acid groups (broad SMARTS) is 1. The first-order valence-electron chi connectivity index (χ1n) is 5.73. The molecule has 0 fully saturated rings. The highest BCUT2D eigenvalue weighted by molar-refractivity contribution is 5.78. The number of nitrogens with two attached hydrogens (primary N) is 1. The van der Waals surface area contributed by atoms with Gasteiger partial charge in [-0.05, 0) is 12.1 Å². The third kappa shape index (κ3) is 4.91. The van der Waals surface area contributed by atoms with Gasteiger partial charge in [0.2, 0.25) is 0 Å². The number of rotatable bonds is 4. The van der Waals surface area contributed by atoms with E-state index in [1.165, 1.54) is 12.4 Å². The van der Waals surface area contributed by atoms with E-state index in [0.29, 0.717) is 17.5 Å². The van der Waals surface area contributed by atoms with E-state index in [9.17, 15) is 9.59 Å². The number of aromatic amines is 1. The van der Waals surface area contributed by atoms with E-state index < -0.39 is 12.0 Å². The minimum atomic E-state index is -1.01. The number of phenolic OH excluding ortho intramolecular Hbond substituents is 1. The van der Waals surface area contributed by atoms with Crippen molar-refractivity contribution >= 4 is 12.3 Å². The minimum Gasteiger partial charge on any atom is -0.507 e. The Bertz CT molecular complexity index is 555. The van der Waals surface area contributed by atoms with Crippen molar-refractivity contribution in [3.8, 4) is 5.75 Å². The molecule has 2 aromatic rings. The number of aromatic nitrogens is 2. The summed E-state index contributed by atoms with van der Waals surface area (Å²) in [6.07, 6.45) is 4.00. The number of phenols is 1. The maximum absolute atomic E-state index is 10.3. The van der Waals surface area contributed by atoms with Crippen LogP contribution in [0.25, 0.3) is 0 Å². The molecule has 0 aliphatic carbocycles. The normalized spacial score (nSPS) is 11.1. The number of benzene rings is 1. The van der Waals surface area contributed by atoms with Gasteiger partial charge in [-0.2, -0.15) is 0 Å². The number of H-pyrrole nitrogens is 1. The van der Waals surface area contributed by atoms with Crippen molar-refractivity contribution in [3.63, 3.8) is 0 Å². The predicted molar refractivity (Wildman–Crippen MR) is 71.4 cm³/mol. The van der Waals surface area contributed by atoms with E-state index in [0.717, 1.165) is 0 Å². The molecule has 0 radical (unpaired) electrons. The Morgan fingerprint density at radius 1 is 1.45 bits per heavy atom. The second kappa shape index (κ2) is 7.70. The number of nitrogens with zero attached hydrogens (tertiary/aromatic N) is 1. The van der Waals surface area contributed by atoms with E-state index in [1.54, 1.807) is 24.4 Å². The maximum atomic E-state index is 10.3. The van der Waals surface area contributed by atoms with Crippen LogP contribution >= 0.6 is 0 Å². The zero-order valence-electron chi connectivity index (χ0n) is 10.6. The van der Waals surface area contributed by atoms with Gasteiger partial charge in [0.25, 0.3) is 0 Å². The Hall–Kier alpha value is -2.67. The standard InChI is InChI=1S/C7H6O2.C6H9N3O2/c8-5-6-3-1-2-4-7(6)9;7-5(6(10)11)1-4-2-8-3-9-4/h1-5,9H;2-3,5H,1,7H2,(H,8,9)(H,10,11). The van der Waals surface area contributed by atoms with E-state index >= 15 is 0 Å². The third-order valence-corrected chi connectivity index (χ3v) is 2.36. The number of nitrogens with one attached hydrogen (secondary N) is 1. The number of aliphatic carboxylic acids is 1. The molecule has 0 aliphatic heterocycles. The molecule has 0 bridgehead atoms. The Balaban J connectivity index is 0.000000204. The number of carbonyl (C=O) groups excluding carboxylic acids is 1. The predicted octanol–water partition coefficient (Wildman–Crippen LogP) is 0.569. The van der Waals surface area contributed by atoms with Gasteiger partial charge in [-0.3, -0.25) is 9.59 Å². The summed E-state index contributed by atoms with van der Waals surface area (Å²) in [6.45, 7) is 0. The van der Waals surface area contributed by atoms with E-state index in [-0.39, 0.29) is 12.2 Å². The van der Waals surface area contributed by atoms with Gasteiger partial charge in [0.15, 0.2) is 6.29 Å². The van der Waals surface area contributed by atoms with Gasteiger partial charge in [0.05, 0.1) is 17.6 Å². The number of aldehydes is 1. The van der Waals surface area contributed by atoms with Gasteiger partial charge < -0.3 is 20.9 Å². The molecule has 1 heterocycles. The van der Waals surface area contributed by atoms with Crippen molar-refractivity contribution < 1.29 is 19.8 Å². The largest absolute Gasteiger partial charge is 0.507 e. The lowest BCUT2D eigenvalue weighted by Gasteiger charge is -2.01. The van der Waals surface area contributed by atoms with Crippen molar-refractivity contribution in [3.05, 3.63) is 48.0 Å². The van der Waals surface area contributed by atoms with Crippen LogP contribution in [0.1, 0.15) is 16.1 Å². The molecule has 1 aromatic heterocycles. The molecule has 1 unspecified atom stereocenters. The molecule has 2 rings (SSSR count). The second-order valence-electron chi connectivity index (χ2n) is 3.89. The summed E-state index contributed by atoms with van der Waals surface area (Å²) in [5.74, 6) is -0.972. The fourth-order valence-corrected chi connectivity index (χ4v) is 1.30. The summed E-state index contributed by atoms with van der Waals surface area (Å²) >= 11 is 0. The quantitative estimate of drug-likeness (QED) is 0.604. The maximum Gasteiger partial charge on any atom is 0.320 e. The SMILES string of the molecule is NC(Cc1c[nH]cn1)C(=O)O.O=Cc1ccccc1O. The monoisotopic (exact) mass is 277 g/mol. The van der Waals surface area contributed by atoms with Crippen LogP contribution in [-0.4, -0.2) is 38.5 Å². The molecule has 0 amide bonds. The molecule has 5 N–H and O–H groups in total. The van der Waals surface area contributed by atoms with Gasteiger partial charge in [0.1, 0.15) is 11.8 Å². The number of hydrogen-bond donors (Lipinski definition) is 4. The highest BCUT2D eigenvalue weighted by atomic mass is 16.4. The first kappa shape index (κ1) is 15.4. The van der Waals surface area contributed by atoms with Crippen LogP contribution in [0.5, 0.6) is 5.75 Å². The fourth-order valence-electron chi connectivity index (χ4n) is 1.30. The molecule has 0 saturated heterocycles. The van der Waals surface area contributed by atoms with Crippen molar-refractivity contribution in [2.75, 3.05) is 0 Å². The molecule has 7 nitrogen and oxygen atoms in total. The molecular formula is C13H15N3O4. The van der Waals surface area contributed by atoms with E-state index in [1.807, 2.05) is 0 Å². The fraction of sp³-hybridized carbons (Fsp3) is 0.154. The summed E-state index contributed by atoms with van der Waals surface area (Å²) in [4.78, 5) is 26.9. The number of imidazole rings is 1. The summed E-state index contributed by atoms with van der Waals surface area (Å²) in [5.41, 5.74) is 6.25. The molecule has 0 aliphatic rings. The van der Waals surface area contributed by atoms with Crippen molar-refractivity contribution in [2.45, 2.75) is 12.5 Å². The minimum absolute atomic E-state index is 0.0347. The van der Waals surface area contributed by atoms with E-state index in [2.05, 4.69) is 9.97 Å². The first-order valence-corrected chi connectivity index (χ1v) is 5.73. The molecule has 1 atom stereocenters. The van der Waals surface area contributed by atoms with Crippen LogP contribution in [0.3, 0.4) is 0 Å². The van der Waals surface area contributed by atoms with Crippen molar-refractivity contribution in [2.24, 2.45) is 5.73 Å². The number of aromatic hydroxyl groups is 1.